The summed E-state index contributed by atoms with van der Waals surface area (Å²) in [5, 5.41) is 3.03. The predicted molar refractivity (Wildman–Crippen MR) is 55.7 cm³/mol. The largest absolute Gasteiger partial charge is 0.376 e. The second kappa shape index (κ2) is 6.04. The standard InChI is InChI=1S/C10H15F2N3O2/c11-10(12)15-2-1-14-9(15)6-13-5-8-7-16-3-4-17-8/h1-2,8,10,13H,3-7H2. The van der Waals surface area contributed by atoms with Crippen LogP contribution in [0.4, 0.5) is 8.78 Å². The van der Waals surface area contributed by atoms with E-state index in [1.807, 2.05) is 0 Å². The van der Waals surface area contributed by atoms with Crippen LogP contribution in [0.25, 0.3) is 0 Å². The molecule has 0 aromatic carbocycles. The van der Waals surface area contributed by atoms with E-state index in [-0.39, 0.29) is 12.6 Å². The summed E-state index contributed by atoms with van der Waals surface area (Å²) in [6, 6.07) is 0. The minimum atomic E-state index is -2.55. The molecule has 0 spiro atoms. The summed E-state index contributed by atoms with van der Waals surface area (Å²) in [4.78, 5) is 3.87. The van der Waals surface area contributed by atoms with Crippen LogP contribution in [0.3, 0.4) is 0 Å². The molecule has 1 aliphatic heterocycles. The Hall–Kier alpha value is -1.05. The van der Waals surface area contributed by atoms with Gasteiger partial charge in [0.1, 0.15) is 5.82 Å². The van der Waals surface area contributed by atoms with Gasteiger partial charge in [0.25, 0.3) is 0 Å². The molecule has 1 aromatic heterocycles. The van der Waals surface area contributed by atoms with Crippen molar-refractivity contribution in [2.45, 2.75) is 19.2 Å². The minimum absolute atomic E-state index is 0.0151. The Labute approximate surface area is 97.7 Å². The SMILES string of the molecule is FC(F)n1ccnc1CNCC1COCCO1. The highest BCUT2D eigenvalue weighted by molar-refractivity contribution is 4.92. The van der Waals surface area contributed by atoms with Crippen LogP contribution in [0.5, 0.6) is 0 Å². The quantitative estimate of drug-likeness (QED) is 0.835. The van der Waals surface area contributed by atoms with E-state index in [1.54, 1.807) is 0 Å². The van der Waals surface area contributed by atoms with Gasteiger partial charge in [0.2, 0.25) is 0 Å². The highest BCUT2D eigenvalue weighted by atomic mass is 19.3. The van der Waals surface area contributed by atoms with Crippen molar-refractivity contribution in [2.24, 2.45) is 0 Å². The number of rotatable bonds is 5. The van der Waals surface area contributed by atoms with Crippen molar-refractivity contribution in [3.05, 3.63) is 18.2 Å². The molecule has 0 amide bonds. The summed E-state index contributed by atoms with van der Waals surface area (Å²) in [5.74, 6) is 0.316. The molecule has 1 saturated heterocycles. The maximum atomic E-state index is 12.5. The zero-order chi connectivity index (χ0) is 12.1. The van der Waals surface area contributed by atoms with Crippen molar-refractivity contribution in [1.82, 2.24) is 14.9 Å². The number of aromatic nitrogens is 2. The number of nitrogens with zero attached hydrogens (tertiary/aromatic N) is 2. The average Bonchev–Trinajstić information content (AvgIpc) is 2.79. The van der Waals surface area contributed by atoms with Gasteiger partial charge in [-0.3, -0.25) is 4.57 Å². The monoisotopic (exact) mass is 247 g/mol. The molecule has 0 aliphatic carbocycles. The van der Waals surface area contributed by atoms with Gasteiger partial charge in [-0.2, -0.15) is 8.78 Å². The van der Waals surface area contributed by atoms with Gasteiger partial charge in [-0.1, -0.05) is 0 Å². The van der Waals surface area contributed by atoms with E-state index in [4.69, 9.17) is 9.47 Å². The Balaban J connectivity index is 1.75. The molecule has 1 unspecified atom stereocenters. The van der Waals surface area contributed by atoms with Crippen molar-refractivity contribution in [3.8, 4) is 0 Å². The highest BCUT2D eigenvalue weighted by Crippen LogP contribution is 2.12. The maximum absolute atomic E-state index is 12.5. The third-order valence-electron chi connectivity index (χ3n) is 2.50. The summed E-state index contributed by atoms with van der Waals surface area (Å²) in [6.45, 7) is 0.0389. The van der Waals surface area contributed by atoms with Crippen LogP contribution in [0.1, 0.15) is 12.4 Å². The molecule has 96 valence electrons. The van der Waals surface area contributed by atoms with E-state index in [2.05, 4.69) is 10.3 Å². The van der Waals surface area contributed by atoms with Crippen LogP contribution < -0.4 is 5.32 Å². The summed E-state index contributed by atoms with van der Waals surface area (Å²) < 4.78 is 36.5. The first-order valence-electron chi connectivity index (χ1n) is 5.47. The van der Waals surface area contributed by atoms with Gasteiger partial charge in [-0.05, 0) is 0 Å². The van der Waals surface area contributed by atoms with Crippen LogP contribution in [-0.4, -0.2) is 42.0 Å². The predicted octanol–water partition coefficient (Wildman–Crippen LogP) is 0.783. The van der Waals surface area contributed by atoms with E-state index < -0.39 is 6.55 Å². The number of hydrogen-bond acceptors (Lipinski definition) is 4. The van der Waals surface area contributed by atoms with E-state index in [9.17, 15) is 8.78 Å². The minimum Gasteiger partial charge on any atom is -0.376 e. The third kappa shape index (κ3) is 3.45. The molecule has 1 N–H and O–H groups in total. The molecule has 0 bridgehead atoms. The fourth-order valence-electron chi connectivity index (χ4n) is 1.66. The van der Waals surface area contributed by atoms with Crippen molar-refractivity contribution in [2.75, 3.05) is 26.4 Å². The third-order valence-corrected chi connectivity index (χ3v) is 2.50. The normalized spacial score (nSPS) is 21.0. The lowest BCUT2D eigenvalue weighted by molar-refractivity contribution is -0.0865. The zero-order valence-corrected chi connectivity index (χ0v) is 9.31. The number of imidazole rings is 1. The molecule has 0 radical (unpaired) electrons. The maximum Gasteiger partial charge on any atom is 0.319 e. The molecule has 1 atom stereocenters. The number of alkyl halides is 2. The molecule has 2 rings (SSSR count). The molecule has 2 heterocycles. The van der Waals surface area contributed by atoms with Gasteiger partial charge in [-0.15, -0.1) is 0 Å². The number of ether oxygens (including phenoxy) is 2. The first-order valence-corrected chi connectivity index (χ1v) is 5.47. The lowest BCUT2D eigenvalue weighted by Gasteiger charge is -2.23. The lowest BCUT2D eigenvalue weighted by atomic mass is 10.3. The topological polar surface area (TPSA) is 48.3 Å². The van der Waals surface area contributed by atoms with E-state index in [1.165, 1.54) is 12.4 Å². The van der Waals surface area contributed by atoms with Crippen molar-refractivity contribution >= 4 is 0 Å². The van der Waals surface area contributed by atoms with Gasteiger partial charge < -0.3 is 14.8 Å². The van der Waals surface area contributed by atoms with E-state index >= 15 is 0 Å². The first kappa shape index (κ1) is 12.4. The molecule has 7 heteroatoms. The zero-order valence-electron chi connectivity index (χ0n) is 9.31. The molecule has 17 heavy (non-hydrogen) atoms. The summed E-state index contributed by atoms with van der Waals surface area (Å²) >= 11 is 0. The fraction of sp³-hybridized carbons (Fsp3) is 0.700. The Bertz CT molecular complexity index is 340. The summed E-state index contributed by atoms with van der Waals surface area (Å²) in [5.41, 5.74) is 0. The number of halogens is 2. The number of nitrogens with one attached hydrogen (secondary N) is 1. The van der Waals surface area contributed by atoms with Gasteiger partial charge >= 0.3 is 6.55 Å². The lowest BCUT2D eigenvalue weighted by Crippen LogP contribution is -2.37. The van der Waals surface area contributed by atoms with Crippen molar-refractivity contribution in [3.63, 3.8) is 0 Å². The summed E-state index contributed by atoms with van der Waals surface area (Å²) in [7, 11) is 0. The summed E-state index contributed by atoms with van der Waals surface area (Å²) in [6.07, 6.45) is 2.62. The van der Waals surface area contributed by atoms with Gasteiger partial charge in [0.15, 0.2) is 0 Å². The van der Waals surface area contributed by atoms with Crippen LogP contribution in [0.2, 0.25) is 0 Å². The average molecular weight is 247 g/mol. The Morgan fingerprint density at radius 3 is 3.12 bits per heavy atom. The van der Waals surface area contributed by atoms with E-state index in [0.29, 0.717) is 32.2 Å². The van der Waals surface area contributed by atoms with E-state index in [0.717, 1.165) is 4.57 Å². The molecule has 0 saturated carbocycles. The van der Waals surface area contributed by atoms with Gasteiger partial charge in [0, 0.05) is 18.9 Å². The molecular weight excluding hydrogens is 232 g/mol. The first-order chi connectivity index (χ1) is 8.27. The van der Waals surface area contributed by atoms with Crippen LogP contribution in [0, 0.1) is 0 Å². The van der Waals surface area contributed by atoms with Crippen LogP contribution in [-0.2, 0) is 16.0 Å². The van der Waals surface area contributed by atoms with Crippen LogP contribution in [0.15, 0.2) is 12.4 Å². The highest BCUT2D eigenvalue weighted by Gasteiger charge is 2.15. The van der Waals surface area contributed by atoms with Gasteiger partial charge in [-0.25, -0.2) is 4.98 Å². The Kier molecular flexibility index (Phi) is 4.41. The second-order valence-corrected chi connectivity index (χ2v) is 3.73. The number of hydrogen-bond donors (Lipinski definition) is 1. The molecule has 1 aliphatic rings. The Morgan fingerprint density at radius 2 is 2.41 bits per heavy atom. The molecule has 1 fully saturated rings. The fourth-order valence-corrected chi connectivity index (χ4v) is 1.66. The molecule has 5 nitrogen and oxygen atoms in total. The second-order valence-electron chi connectivity index (χ2n) is 3.73. The van der Waals surface area contributed by atoms with Crippen molar-refractivity contribution < 1.29 is 18.3 Å². The van der Waals surface area contributed by atoms with Crippen LogP contribution >= 0.6 is 0 Å². The molecule has 1 aromatic rings. The Morgan fingerprint density at radius 1 is 1.53 bits per heavy atom. The van der Waals surface area contributed by atoms with Crippen molar-refractivity contribution in [1.29, 1.82) is 0 Å². The molecular formula is C10H15F2N3O2. The smallest absolute Gasteiger partial charge is 0.319 e. The van der Waals surface area contributed by atoms with Gasteiger partial charge in [0.05, 0.1) is 32.5 Å².